The number of hydrogen-bond donors (Lipinski definition) is 1. The molecular formula is C12H15N3S. The van der Waals surface area contributed by atoms with Gasteiger partial charge in [0, 0.05) is 35.8 Å². The van der Waals surface area contributed by atoms with Gasteiger partial charge in [0.15, 0.2) is 0 Å². The van der Waals surface area contributed by atoms with Crippen LogP contribution in [0.5, 0.6) is 0 Å². The van der Waals surface area contributed by atoms with Crippen LogP contribution in [0.4, 0.5) is 0 Å². The van der Waals surface area contributed by atoms with Crippen LogP contribution < -0.4 is 5.73 Å². The average Bonchev–Trinajstić information content (AvgIpc) is 2.78. The number of nitrogens with two attached hydrogens (primary N) is 1. The van der Waals surface area contributed by atoms with Gasteiger partial charge in [0.2, 0.25) is 0 Å². The van der Waals surface area contributed by atoms with E-state index < -0.39 is 0 Å². The lowest BCUT2D eigenvalue weighted by Crippen LogP contribution is -2.21. The molecule has 2 aromatic heterocycles. The molecule has 3 nitrogen and oxygen atoms in total. The van der Waals surface area contributed by atoms with Crippen LogP contribution in [-0.4, -0.2) is 16.0 Å². The monoisotopic (exact) mass is 233 g/mol. The Kier molecular flexibility index (Phi) is 3.64. The van der Waals surface area contributed by atoms with E-state index in [9.17, 15) is 0 Å². The highest BCUT2D eigenvalue weighted by Crippen LogP contribution is 2.21. The predicted molar refractivity (Wildman–Crippen MR) is 67.3 cm³/mol. The molecule has 0 saturated carbocycles. The first kappa shape index (κ1) is 11.2. The number of thiazole rings is 1. The maximum Gasteiger partial charge on any atom is 0.0948 e. The van der Waals surface area contributed by atoms with E-state index in [1.807, 2.05) is 18.3 Å². The SMILES string of the molecule is CCC(N)Cc1nc(-c2cccnc2)cs1. The quantitative estimate of drug-likeness (QED) is 0.882. The normalized spacial score (nSPS) is 12.6. The molecule has 1 atom stereocenters. The fourth-order valence-electron chi connectivity index (χ4n) is 1.42. The second kappa shape index (κ2) is 5.18. The first-order chi connectivity index (χ1) is 7.79. The highest BCUT2D eigenvalue weighted by atomic mass is 32.1. The molecule has 0 spiro atoms. The van der Waals surface area contributed by atoms with Crippen molar-refractivity contribution in [1.29, 1.82) is 0 Å². The zero-order valence-electron chi connectivity index (χ0n) is 9.26. The molecule has 0 aliphatic heterocycles. The fourth-order valence-corrected chi connectivity index (χ4v) is 2.32. The molecule has 0 aromatic carbocycles. The molecule has 2 N–H and O–H groups in total. The van der Waals surface area contributed by atoms with Crippen molar-refractivity contribution in [3.63, 3.8) is 0 Å². The lowest BCUT2D eigenvalue weighted by atomic mass is 10.2. The van der Waals surface area contributed by atoms with Crippen molar-refractivity contribution in [2.24, 2.45) is 5.73 Å². The number of hydrogen-bond acceptors (Lipinski definition) is 4. The Balaban J connectivity index is 2.14. The molecule has 1 unspecified atom stereocenters. The van der Waals surface area contributed by atoms with Crippen LogP contribution in [0, 0.1) is 0 Å². The molecule has 2 aromatic rings. The summed E-state index contributed by atoms with van der Waals surface area (Å²) in [5.74, 6) is 0. The second-order valence-electron chi connectivity index (χ2n) is 3.74. The largest absolute Gasteiger partial charge is 0.327 e. The number of rotatable bonds is 4. The molecular weight excluding hydrogens is 218 g/mol. The second-order valence-corrected chi connectivity index (χ2v) is 4.68. The molecule has 0 bridgehead atoms. The molecule has 0 amide bonds. The number of aromatic nitrogens is 2. The van der Waals surface area contributed by atoms with Gasteiger partial charge in [-0.25, -0.2) is 4.98 Å². The molecule has 0 aliphatic rings. The van der Waals surface area contributed by atoms with E-state index in [0.29, 0.717) is 0 Å². The third kappa shape index (κ3) is 2.65. The molecule has 4 heteroatoms. The Morgan fingerprint density at radius 3 is 3.06 bits per heavy atom. The van der Waals surface area contributed by atoms with Crippen LogP contribution in [0.2, 0.25) is 0 Å². The summed E-state index contributed by atoms with van der Waals surface area (Å²) < 4.78 is 0. The standard InChI is InChI=1S/C12H15N3S/c1-2-10(13)6-12-15-11(8-16-12)9-4-3-5-14-7-9/h3-5,7-8,10H,2,6,13H2,1H3. The van der Waals surface area contributed by atoms with E-state index in [4.69, 9.17) is 5.73 Å². The first-order valence-corrected chi connectivity index (χ1v) is 6.28. The Morgan fingerprint density at radius 1 is 1.50 bits per heavy atom. The van der Waals surface area contributed by atoms with E-state index >= 15 is 0 Å². The van der Waals surface area contributed by atoms with Crippen molar-refractivity contribution >= 4 is 11.3 Å². The minimum absolute atomic E-state index is 0.216. The van der Waals surface area contributed by atoms with Gasteiger partial charge in [-0.1, -0.05) is 6.92 Å². The van der Waals surface area contributed by atoms with Crippen molar-refractivity contribution in [2.75, 3.05) is 0 Å². The third-order valence-electron chi connectivity index (χ3n) is 2.47. The molecule has 0 fully saturated rings. The zero-order valence-corrected chi connectivity index (χ0v) is 10.1. The van der Waals surface area contributed by atoms with Crippen LogP contribution in [0.25, 0.3) is 11.3 Å². The van der Waals surface area contributed by atoms with Crippen molar-refractivity contribution in [3.05, 3.63) is 34.9 Å². The van der Waals surface area contributed by atoms with Gasteiger partial charge >= 0.3 is 0 Å². The Morgan fingerprint density at radius 2 is 2.38 bits per heavy atom. The van der Waals surface area contributed by atoms with Crippen LogP contribution >= 0.6 is 11.3 Å². The van der Waals surface area contributed by atoms with Gasteiger partial charge in [0.25, 0.3) is 0 Å². The minimum atomic E-state index is 0.216. The van der Waals surface area contributed by atoms with Crippen molar-refractivity contribution in [2.45, 2.75) is 25.8 Å². The van der Waals surface area contributed by atoms with Crippen molar-refractivity contribution in [1.82, 2.24) is 9.97 Å². The van der Waals surface area contributed by atoms with E-state index in [-0.39, 0.29) is 6.04 Å². The number of pyridine rings is 1. The summed E-state index contributed by atoms with van der Waals surface area (Å²) in [5, 5.41) is 3.17. The average molecular weight is 233 g/mol. The lowest BCUT2D eigenvalue weighted by molar-refractivity contribution is 0.644. The first-order valence-electron chi connectivity index (χ1n) is 5.40. The smallest absolute Gasteiger partial charge is 0.0948 e. The van der Waals surface area contributed by atoms with Crippen LogP contribution in [0.1, 0.15) is 18.4 Å². The summed E-state index contributed by atoms with van der Waals surface area (Å²) in [6, 6.07) is 4.16. The molecule has 0 radical (unpaired) electrons. The molecule has 84 valence electrons. The van der Waals surface area contributed by atoms with Gasteiger partial charge in [0.05, 0.1) is 10.7 Å². The minimum Gasteiger partial charge on any atom is -0.327 e. The molecule has 0 saturated heterocycles. The summed E-state index contributed by atoms with van der Waals surface area (Å²) in [4.78, 5) is 8.65. The van der Waals surface area contributed by atoms with Gasteiger partial charge in [-0.3, -0.25) is 4.98 Å². The van der Waals surface area contributed by atoms with Gasteiger partial charge in [0.1, 0.15) is 0 Å². The highest BCUT2D eigenvalue weighted by Gasteiger charge is 2.07. The molecule has 16 heavy (non-hydrogen) atoms. The molecule has 2 heterocycles. The van der Waals surface area contributed by atoms with E-state index in [2.05, 4.69) is 22.3 Å². The molecule has 0 aliphatic carbocycles. The Bertz CT molecular complexity index is 439. The van der Waals surface area contributed by atoms with Crippen LogP contribution in [0.3, 0.4) is 0 Å². The maximum atomic E-state index is 5.91. The fraction of sp³-hybridized carbons (Fsp3) is 0.333. The molecule has 2 rings (SSSR count). The van der Waals surface area contributed by atoms with Crippen molar-refractivity contribution in [3.8, 4) is 11.3 Å². The summed E-state index contributed by atoms with van der Waals surface area (Å²) in [6.07, 6.45) is 5.45. The maximum absolute atomic E-state index is 5.91. The van der Waals surface area contributed by atoms with Crippen LogP contribution in [0.15, 0.2) is 29.9 Å². The van der Waals surface area contributed by atoms with E-state index in [1.165, 1.54) is 0 Å². The number of nitrogens with zero attached hydrogens (tertiary/aromatic N) is 2. The summed E-state index contributed by atoms with van der Waals surface area (Å²) in [7, 11) is 0. The van der Waals surface area contributed by atoms with E-state index in [1.54, 1.807) is 17.5 Å². The van der Waals surface area contributed by atoms with E-state index in [0.717, 1.165) is 29.1 Å². The summed E-state index contributed by atoms with van der Waals surface area (Å²) in [6.45, 7) is 2.10. The lowest BCUT2D eigenvalue weighted by Gasteiger charge is -2.04. The Hall–Kier alpha value is -1.26. The summed E-state index contributed by atoms with van der Waals surface area (Å²) >= 11 is 1.67. The van der Waals surface area contributed by atoms with Gasteiger partial charge in [-0.05, 0) is 18.6 Å². The van der Waals surface area contributed by atoms with Crippen LogP contribution in [-0.2, 0) is 6.42 Å². The van der Waals surface area contributed by atoms with Crippen molar-refractivity contribution < 1.29 is 0 Å². The Labute approximate surface area is 99.4 Å². The topological polar surface area (TPSA) is 51.8 Å². The summed E-state index contributed by atoms with van der Waals surface area (Å²) in [5.41, 5.74) is 7.97. The van der Waals surface area contributed by atoms with Gasteiger partial charge in [-0.2, -0.15) is 0 Å². The zero-order chi connectivity index (χ0) is 11.4. The predicted octanol–water partition coefficient (Wildman–Crippen LogP) is 2.48. The third-order valence-corrected chi connectivity index (χ3v) is 3.34. The highest BCUT2D eigenvalue weighted by molar-refractivity contribution is 7.09. The van der Waals surface area contributed by atoms with Gasteiger partial charge in [-0.15, -0.1) is 11.3 Å². The van der Waals surface area contributed by atoms with Gasteiger partial charge < -0.3 is 5.73 Å².